The van der Waals surface area contributed by atoms with Gasteiger partial charge in [-0.3, -0.25) is 4.55 Å². The van der Waals surface area contributed by atoms with Gasteiger partial charge in [0.2, 0.25) is 0 Å². The van der Waals surface area contributed by atoms with Gasteiger partial charge in [0.05, 0.1) is 4.90 Å². The van der Waals surface area contributed by atoms with Gasteiger partial charge >= 0.3 is 0 Å². The van der Waals surface area contributed by atoms with E-state index < -0.39 is 10.1 Å². The van der Waals surface area contributed by atoms with Crippen LogP contribution in [0.4, 0.5) is 5.69 Å². The average Bonchev–Trinajstić information content (AvgIpc) is 2.61. The second-order valence-electron chi connectivity index (χ2n) is 6.40. The smallest absolute Gasteiger partial charge is 0.294 e. The topological polar surface area (TPSA) is 82.0 Å². The Labute approximate surface area is 164 Å². The largest absolute Gasteiger partial charge is 1.00 e. The fourth-order valence-electron chi connectivity index (χ4n) is 2.29. The van der Waals surface area contributed by atoms with Crippen LogP contribution in [-0.4, -0.2) is 13.0 Å². The lowest BCUT2D eigenvalue weighted by molar-refractivity contribution is -0.254. The zero-order valence-electron chi connectivity index (χ0n) is 15.9. The summed E-state index contributed by atoms with van der Waals surface area (Å²) >= 11 is 0. The van der Waals surface area contributed by atoms with Crippen LogP contribution in [0.5, 0.6) is 0 Å². The molecule has 0 saturated heterocycles. The molecule has 0 heterocycles. The maximum atomic E-state index is 10.7. The second kappa shape index (κ2) is 11.3. The summed E-state index contributed by atoms with van der Waals surface area (Å²) in [5, 5.41) is 0. The van der Waals surface area contributed by atoms with Gasteiger partial charge in [-0.15, -0.1) is 0 Å². The van der Waals surface area contributed by atoms with Crippen LogP contribution in [0.2, 0.25) is 0 Å². The Balaban J connectivity index is 0.000000475. The Bertz CT molecular complexity index is 744. The normalized spacial score (nSPS) is 13.0. The minimum atomic E-state index is -4.05. The van der Waals surface area contributed by atoms with Crippen molar-refractivity contribution in [2.24, 2.45) is 0 Å². The predicted molar refractivity (Wildman–Crippen MR) is 103 cm³/mol. The maximum Gasteiger partial charge on any atom is 0.294 e. The van der Waals surface area contributed by atoms with Crippen LogP contribution in [0.15, 0.2) is 53.4 Å². The van der Waals surface area contributed by atoms with Gasteiger partial charge in [0, 0.05) is 0 Å². The molecule has 2 atom stereocenters. The Hall–Kier alpha value is -1.40. The molecule has 0 fully saturated rings. The lowest BCUT2D eigenvalue weighted by atomic mass is 9.99. The van der Waals surface area contributed by atoms with Gasteiger partial charge in [-0.05, 0) is 60.1 Å². The highest BCUT2D eigenvalue weighted by Gasteiger charge is 2.09. The summed E-state index contributed by atoms with van der Waals surface area (Å²) in [6.45, 7) is 8.60. The molecule has 26 heavy (non-hydrogen) atoms. The molecule has 2 rings (SSSR count). The molecule has 2 aromatic carbocycles. The van der Waals surface area contributed by atoms with E-state index in [-0.39, 0.29) is 17.3 Å². The summed E-state index contributed by atoms with van der Waals surface area (Å²) in [6, 6.07) is 14.8. The third kappa shape index (κ3) is 7.87. The van der Waals surface area contributed by atoms with Crippen molar-refractivity contribution in [2.75, 3.05) is 0 Å². The van der Waals surface area contributed by atoms with E-state index in [0.717, 1.165) is 17.7 Å². The Morgan fingerprint density at radius 1 is 0.846 bits per heavy atom. The van der Waals surface area contributed by atoms with Gasteiger partial charge in [0.1, 0.15) is 5.69 Å². The summed E-state index contributed by atoms with van der Waals surface area (Å²) < 4.78 is 30.2. The highest BCUT2D eigenvalue weighted by atomic mass is 35.5. The molecule has 6 heteroatoms. The van der Waals surface area contributed by atoms with Crippen molar-refractivity contribution in [1.82, 2.24) is 0 Å². The molecule has 0 aliphatic carbocycles. The van der Waals surface area contributed by atoms with Gasteiger partial charge < -0.3 is 18.1 Å². The molecule has 4 N–H and O–H groups in total. The Kier molecular flexibility index (Phi) is 10.7. The highest BCUT2D eigenvalue weighted by Crippen LogP contribution is 2.20. The molecule has 4 nitrogen and oxygen atoms in total. The third-order valence-electron chi connectivity index (χ3n) is 4.52. The molecule has 0 spiro atoms. The van der Waals surface area contributed by atoms with E-state index in [0.29, 0.717) is 11.8 Å². The van der Waals surface area contributed by atoms with Crippen LogP contribution < -0.4 is 18.1 Å². The predicted octanol–water partition coefficient (Wildman–Crippen LogP) is 1.52. The van der Waals surface area contributed by atoms with E-state index in [9.17, 15) is 8.42 Å². The molecule has 0 aromatic heterocycles. The summed E-state index contributed by atoms with van der Waals surface area (Å²) in [4.78, 5) is -0.0513. The van der Waals surface area contributed by atoms with Crippen molar-refractivity contribution in [1.29, 1.82) is 0 Å². The maximum absolute atomic E-state index is 10.7. The van der Waals surface area contributed by atoms with Gasteiger partial charge in [0.25, 0.3) is 10.1 Å². The van der Waals surface area contributed by atoms with Crippen molar-refractivity contribution >= 4 is 15.8 Å². The first-order valence-corrected chi connectivity index (χ1v) is 10.1. The molecule has 0 amide bonds. The van der Waals surface area contributed by atoms with Crippen LogP contribution in [0.3, 0.4) is 0 Å². The Morgan fingerprint density at radius 2 is 1.19 bits per heavy atom. The fourth-order valence-corrected chi connectivity index (χ4v) is 2.77. The molecular weight excluding hydrogens is 370 g/mol. The molecule has 0 aliphatic heterocycles. The zero-order valence-corrected chi connectivity index (χ0v) is 17.5. The first-order chi connectivity index (χ1) is 11.7. The first-order valence-electron chi connectivity index (χ1n) is 8.68. The average molecular weight is 400 g/mol. The number of hydrogen-bond acceptors (Lipinski definition) is 2. The molecule has 2 aromatic rings. The summed E-state index contributed by atoms with van der Waals surface area (Å²) in [6.07, 6.45) is 2.21. The van der Waals surface area contributed by atoms with Gasteiger partial charge in [-0.2, -0.15) is 8.42 Å². The number of rotatable bonds is 5. The summed E-state index contributed by atoms with van der Waals surface area (Å²) in [5.41, 5.74) is 7.44. The monoisotopic (exact) mass is 399 g/mol. The minimum absolute atomic E-state index is 0. The van der Waals surface area contributed by atoms with Crippen LogP contribution in [0.1, 0.15) is 63.5 Å². The van der Waals surface area contributed by atoms with E-state index >= 15 is 0 Å². The molecule has 2 unspecified atom stereocenters. The van der Waals surface area contributed by atoms with E-state index in [4.69, 9.17) is 4.55 Å². The van der Waals surface area contributed by atoms with Crippen LogP contribution in [-0.2, 0) is 10.1 Å². The van der Waals surface area contributed by atoms with Gasteiger partial charge in [0.15, 0.2) is 0 Å². The summed E-state index contributed by atoms with van der Waals surface area (Å²) in [7, 11) is -4.05. The Morgan fingerprint density at radius 3 is 1.50 bits per heavy atom. The SMILES string of the molecule is CCC(C)c1ccc(S(=O)(=O)O)cc1.CCC(C)c1ccc([NH3+])cc1.[Cl-]. The first kappa shape index (κ1) is 24.6. The molecule has 146 valence electrons. The van der Waals surface area contributed by atoms with Crippen molar-refractivity contribution in [3.63, 3.8) is 0 Å². The van der Waals surface area contributed by atoms with Crippen LogP contribution >= 0.6 is 0 Å². The fraction of sp³-hybridized carbons (Fsp3) is 0.400. The van der Waals surface area contributed by atoms with E-state index in [1.807, 2.05) is 0 Å². The number of quaternary nitrogens is 1. The molecule has 0 saturated carbocycles. The molecule has 0 bridgehead atoms. The highest BCUT2D eigenvalue weighted by molar-refractivity contribution is 7.85. The molecule has 0 aliphatic rings. The lowest BCUT2D eigenvalue weighted by Crippen LogP contribution is -3.00. The van der Waals surface area contributed by atoms with Crippen molar-refractivity contribution < 1.29 is 31.1 Å². The standard InChI is InChI=1S/C10H15N.C10H14O3S.ClH/c1-3-8(2)9-4-6-10(11)7-5-9;1-3-8(2)9-4-6-10(7-5-9)14(11,12)13;/h4-8H,3,11H2,1-2H3;4-8H,3H2,1-2H3,(H,11,12,13);1H. The second-order valence-corrected chi connectivity index (χ2v) is 7.83. The van der Waals surface area contributed by atoms with E-state index in [2.05, 4.69) is 57.7 Å². The molecule has 0 radical (unpaired) electrons. The number of benzene rings is 2. The molecular formula is C20H30ClNO3S. The quantitative estimate of drug-likeness (QED) is 0.748. The summed E-state index contributed by atoms with van der Waals surface area (Å²) in [5.74, 6) is 1.08. The number of halogens is 1. The van der Waals surface area contributed by atoms with Crippen LogP contribution in [0.25, 0.3) is 0 Å². The van der Waals surface area contributed by atoms with Gasteiger partial charge in [-0.1, -0.05) is 52.0 Å². The van der Waals surface area contributed by atoms with E-state index in [1.54, 1.807) is 12.1 Å². The van der Waals surface area contributed by atoms with Crippen LogP contribution in [0, 0.1) is 0 Å². The number of hydrogen-bond donors (Lipinski definition) is 2. The van der Waals surface area contributed by atoms with Gasteiger partial charge in [-0.25, -0.2) is 0 Å². The van der Waals surface area contributed by atoms with E-state index in [1.165, 1.54) is 24.1 Å². The lowest BCUT2D eigenvalue weighted by Gasteiger charge is -2.08. The van der Waals surface area contributed by atoms with Crippen molar-refractivity contribution in [3.05, 3.63) is 59.7 Å². The zero-order chi connectivity index (χ0) is 19.0. The van der Waals surface area contributed by atoms with Crippen molar-refractivity contribution in [2.45, 2.75) is 57.3 Å². The van der Waals surface area contributed by atoms with Crippen molar-refractivity contribution in [3.8, 4) is 0 Å². The minimum Gasteiger partial charge on any atom is -1.00 e. The third-order valence-corrected chi connectivity index (χ3v) is 5.39.